The predicted octanol–water partition coefficient (Wildman–Crippen LogP) is 3.17. The van der Waals surface area contributed by atoms with E-state index in [-0.39, 0.29) is 154 Å². The van der Waals surface area contributed by atoms with E-state index in [1.807, 2.05) is 212 Å². The number of thioether (sulfide) groups is 2. The van der Waals surface area contributed by atoms with Gasteiger partial charge in [0.1, 0.15) is 44.1 Å². The number of anilines is 1. The summed E-state index contributed by atoms with van der Waals surface area (Å²) in [4.78, 5) is 106. The Kier molecular flexibility index (Phi) is 24.8. The summed E-state index contributed by atoms with van der Waals surface area (Å²) in [7, 11) is 0. The Bertz CT molecular complexity index is 4460. The summed E-state index contributed by atoms with van der Waals surface area (Å²) in [5.41, 5.74) is 11.9. The van der Waals surface area contributed by atoms with Crippen molar-refractivity contribution in [3.8, 4) is 6.01 Å². The van der Waals surface area contributed by atoms with Gasteiger partial charge in [-0.3, -0.25) is 19.5 Å². The minimum Gasteiger partial charge on any atom is -0.652 e. The van der Waals surface area contributed by atoms with Gasteiger partial charge >= 0.3 is 121 Å². The molecule has 3 atom stereocenters. The summed E-state index contributed by atoms with van der Waals surface area (Å²) in [6, 6.07) is 68.9. The van der Waals surface area contributed by atoms with Gasteiger partial charge in [0.05, 0.1) is 22.3 Å². The van der Waals surface area contributed by atoms with E-state index in [0.717, 1.165) is 39.2 Å². The monoisotopic (exact) mass is 1410 g/mol. The maximum absolute atomic E-state index is 15.4. The van der Waals surface area contributed by atoms with Crippen molar-refractivity contribution < 1.29 is 156 Å². The van der Waals surface area contributed by atoms with E-state index < -0.39 is 70.0 Å². The Morgan fingerprint density at radius 1 is 0.714 bits per heavy atom. The third kappa shape index (κ3) is 15.7. The predicted molar refractivity (Wildman–Crippen MR) is 358 cm³/mol. The molecule has 3 N–H and O–H groups in total. The van der Waals surface area contributed by atoms with E-state index in [9.17, 15) is 9.59 Å². The standard InChI is InChI=1S/C71H54N10O8S3.CH2O3.2K/c1-44-54(41-82)64(81-69(74-44)77-70(78-81)88-60(47-28-13-4-14-29-47)48-30-15-5-16-31-48)90-42-50-43-91-65-57(63(84)80(65)58(50)67(86)87-59(45-24-9-2-10-25-45)46-26-11-3-12-27-46)75-62(83)56(79-89-66(85)49-32-23-39-73-40-49)55-61(72)92-68(76-55)71(51-33-17-6-18-34-51,52-35-19-7-20-36-52)53-37-21-8-22-38-53;2-1(3)4;;/h2-40,57,59-60,64-65H,42-43,72H2,1H3,(H,75,83);(H2,2,3,4);;/q;;2*+1/p-2/t57-,64?,65-;;;/m1.../s1. The van der Waals surface area contributed by atoms with Crippen molar-refractivity contribution in [1.29, 1.82) is 0 Å². The van der Waals surface area contributed by atoms with Crippen LogP contribution in [0.2, 0.25) is 0 Å². The van der Waals surface area contributed by atoms with Crippen LogP contribution in [-0.2, 0) is 34.2 Å². The average molecular weight is 1410 g/mol. The quantitative estimate of drug-likeness (QED) is 0.0162. The number of rotatable bonds is 20. The first kappa shape index (κ1) is 72.5. The molecule has 98 heavy (non-hydrogen) atoms. The van der Waals surface area contributed by atoms with E-state index in [1.54, 1.807) is 13.0 Å². The molecule has 13 rings (SSSR count). The largest absolute Gasteiger partial charge is 1.00 e. The number of nitrogen functional groups attached to an aromatic ring is 1. The number of carbonyl (C=O) groups is 5. The molecule has 1 saturated heterocycles. The molecule has 3 aromatic heterocycles. The molecule has 6 heterocycles. The maximum Gasteiger partial charge on any atom is 1.00 e. The van der Waals surface area contributed by atoms with Crippen molar-refractivity contribution in [3.63, 3.8) is 0 Å². The number of ether oxygens (including phenoxy) is 2. The molecule has 0 spiro atoms. The number of oxime groups is 1. The van der Waals surface area contributed by atoms with Gasteiger partial charge in [0, 0.05) is 23.9 Å². The van der Waals surface area contributed by atoms with Crippen molar-refractivity contribution in [2.24, 2.45) is 10.1 Å². The van der Waals surface area contributed by atoms with Crippen LogP contribution < -0.4 is 129 Å². The summed E-state index contributed by atoms with van der Waals surface area (Å²) in [5.74, 6) is -0.877. The number of aromatic nitrogens is 5. The Morgan fingerprint density at radius 2 is 1.21 bits per heavy atom. The Labute approximate surface area is 659 Å². The first-order valence-electron chi connectivity index (χ1n) is 29.8. The van der Waals surface area contributed by atoms with Crippen LogP contribution in [0.1, 0.15) is 84.5 Å². The molecule has 2 amide bonds. The molecule has 1 fully saturated rings. The maximum atomic E-state index is 15.4. The minimum atomic E-state index is -2.33. The molecule has 3 aliphatic heterocycles. The zero-order valence-corrected chi connectivity index (χ0v) is 61.4. The van der Waals surface area contributed by atoms with E-state index in [2.05, 4.69) is 26.4 Å². The number of pyridine rings is 1. The van der Waals surface area contributed by atoms with Crippen LogP contribution in [0.25, 0.3) is 0 Å². The van der Waals surface area contributed by atoms with Gasteiger partial charge in [0.15, 0.2) is 17.9 Å². The third-order valence-corrected chi connectivity index (χ3v) is 19.4. The smallest absolute Gasteiger partial charge is 0.652 e. The zero-order valence-electron chi connectivity index (χ0n) is 52.7. The Hall–Kier alpha value is -8.29. The number of carbonyl (C=O) groups excluding carboxylic acids is 6. The molecular weight excluding hydrogens is 1360 g/mol. The van der Waals surface area contributed by atoms with Crippen LogP contribution in [0.15, 0.2) is 264 Å². The van der Waals surface area contributed by atoms with Crippen molar-refractivity contribution >= 4 is 93.1 Å². The van der Waals surface area contributed by atoms with Gasteiger partial charge in [-0.15, -0.1) is 28.6 Å². The fraction of sp³-hybridized carbons (Fsp3) is 0.125. The molecule has 21 nitrogen and oxygen atoms in total. The molecule has 26 heteroatoms. The molecule has 0 radical (unpaired) electrons. The number of fused-ring (bicyclic) bond motifs is 2. The van der Waals surface area contributed by atoms with Crippen molar-refractivity contribution in [2.45, 2.75) is 41.3 Å². The number of benzene rings is 7. The number of thiazole rings is 1. The van der Waals surface area contributed by atoms with Crippen LogP contribution in [0.4, 0.5) is 15.7 Å². The first-order chi connectivity index (χ1) is 46.8. The number of aliphatic imine (C=N–C) groups is 1. The summed E-state index contributed by atoms with van der Waals surface area (Å²) < 4.78 is 14.6. The molecular formula is C72H54K2N10O11S3. The minimum absolute atomic E-state index is 0. The number of carboxylic acid groups (broad SMARTS) is 2. The molecule has 3 aliphatic rings. The molecule has 7 aromatic carbocycles. The number of amides is 2. The van der Waals surface area contributed by atoms with E-state index >= 15 is 14.4 Å². The number of nitrogens with two attached hydrogens (primary N) is 1. The van der Waals surface area contributed by atoms with Gasteiger partial charge in [-0.05, 0) is 69.7 Å². The van der Waals surface area contributed by atoms with Crippen molar-refractivity contribution in [1.82, 2.24) is 34.9 Å². The van der Waals surface area contributed by atoms with Gasteiger partial charge in [0.2, 0.25) is 0 Å². The molecule has 478 valence electrons. The van der Waals surface area contributed by atoms with Gasteiger partial charge in [-0.2, -0.15) is 4.98 Å². The molecule has 0 bridgehead atoms. The number of hydrogen-bond donors (Lipinski definition) is 2. The zero-order chi connectivity index (χ0) is 66.7. The van der Waals surface area contributed by atoms with E-state index in [1.165, 1.54) is 51.6 Å². The van der Waals surface area contributed by atoms with Crippen LogP contribution in [0.5, 0.6) is 6.01 Å². The van der Waals surface area contributed by atoms with E-state index in [0.29, 0.717) is 27.4 Å². The molecule has 10 aromatic rings. The number of nitrogens with zero attached hydrogens (tertiary/aromatic N) is 8. The van der Waals surface area contributed by atoms with Crippen LogP contribution in [0.3, 0.4) is 0 Å². The summed E-state index contributed by atoms with van der Waals surface area (Å²) >= 11 is 3.68. The third-order valence-electron chi connectivity index (χ3n) is 15.8. The number of hydrogen-bond acceptors (Lipinski definition) is 21. The summed E-state index contributed by atoms with van der Waals surface area (Å²) in [6.07, 6.45) is -1.06. The van der Waals surface area contributed by atoms with Crippen LogP contribution in [0, 0.1) is 0 Å². The second-order valence-corrected chi connectivity index (χ2v) is 24.8. The average Bonchev–Trinajstić information content (AvgIpc) is 0.922. The van der Waals surface area contributed by atoms with Crippen LogP contribution in [-0.4, -0.2) is 99.8 Å². The second kappa shape index (κ2) is 33.5. The second-order valence-electron chi connectivity index (χ2n) is 21.6. The molecule has 0 saturated carbocycles. The number of esters is 1. The topological polar surface area (TPSA) is 299 Å². The van der Waals surface area contributed by atoms with Gasteiger partial charge in [-0.1, -0.05) is 229 Å². The van der Waals surface area contributed by atoms with Gasteiger partial charge < -0.3 is 40.4 Å². The Balaban J connectivity index is 0.00000169. The SMILES string of the molecule is CC1=Nc2nc(OC(c3ccccc3)c3ccccc3)nn2C(SCC2=C(C(=O)OC(c3ccccc3)c3ccccc3)N3C(=O)[C@@H](NC(=O)C(=NOC(=O)c4cccnc4)c4nc(C(c5ccccc5)(c5ccccc5)c5ccccc5)sc4N)[C@H]3SC2)C1=C=O.O=C([O-])[O-].[K+].[K+]. The van der Waals surface area contributed by atoms with Gasteiger partial charge in [-0.25, -0.2) is 29.0 Å². The normalized spacial score (nSPS) is 15.5. The fourth-order valence-corrected chi connectivity index (χ4v) is 15.2. The molecule has 0 aliphatic carbocycles. The fourth-order valence-electron chi connectivity index (χ4n) is 11.4. The first-order valence-corrected chi connectivity index (χ1v) is 32.7. The molecule has 1 unspecified atom stereocenters. The van der Waals surface area contributed by atoms with Crippen LogP contribution >= 0.6 is 34.9 Å². The van der Waals surface area contributed by atoms with Crippen molar-refractivity contribution in [3.05, 3.63) is 309 Å². The number of nitrogens with one attached hydrogen (secondary N) is 1. The summed E-state index contributed by atoms with van der Waals surface area (Å²) in [6.45, 7) is 1.68. The Morgan fingerprint density at radius 3 is 1.70 bits per heavy atom. The van der Waals surface area contributed by atoms with Crippen molar-refractivity contribution in [2.75, 3.05) is 17.2 Å². The number of β-lactam (4-membered cyclic amide) rings is 1. The van der Waals surface area contributed by atoms with Gasteiger partial charge in [0.25, 0.3) is 17.8 Å². The van der Waals surface area contributed by atoms with E-state index in [4.69, 9.17) is 50.1 Å². The summed E-state index contributed by atoms with van der Waals surface area (Å²) in [5, 5.41) is 27.3.